The molecule has 1 aromatic rings. The summed E-state index contributed by atoms with van der Waals surface area (Å²) >= 11 is 0. The molecule has 0 aromatic heterocycles. The third kappa shape index (κ3) is 3.45. The molecule has 1 fully saturated rings. The van der Waals surface area contributed by atoms with Crippen molar-refractivity contribution in [2.75, 3.05) is 13.2 Å². The van der Waals surface area contributed by atoms with Crippen molar-refractivity contribution >= 4 is 0 Å². The molecule has 1 saturated heterocycles. The van der Waals surface area contributed by atoms with Crippen molar-refractivity contribution in [3.8, 4) is 5.75 Å². The highest BCUT2D eigenvalue weighted by Crippen LogP contribution is 2.20. The molecule has 1 aliphatic rings. The van der Waals surface area contributed by atoms with E-state index in [-0.39, 0.29) is 12.2 Å². The average molecular weight is 236 g/mol. The molecule has 0 spiro atoms. The van der Waals surface area contributed by atoms with Gasteiger partial charge in [0.05, 0.1) is 12.2 Å². The molecule has 1 aliphatic heterocycles. The fraction of sp³-hybridized carbons (Fsp3) is 0.571. The fourth-order valence-corrected chi connectivity index (χ4v) is 1.99. The Hall–Kier alpha value is -1.06. The van der Waals surface area contributed by atoms with Gasteiger partial charge in [-0.15, -0.1) is 0 Å². The van der Waals surface area contributed by atoms with Gasteiger partial charge >= 0.3 is 0 Å². The van der Waals surface area contributed by atoms with Crippen LogP contribution in [0.3, 0.4) is 0 Å². The lowest BCUT2D eigenvalue weighted by Crippen LogP contribution is -2.16. The van der Waals surface area contributed by atoms with E-state index >= 15 is 0 Å². The highest BCUT2D eigenvalue weighted by atomic mass is 16.5. The monoisotopic (exact) mass is 236 g/mol. The molecule has 1 aromatic carbocycles. The molecule has 0 aliphatic carbocycles. The van der Waals surface area contributed by atoms with Crippen LogP contribution >= 0.6 is 0 Å². The second-order valence-electron chi connectivity index (χ2n) is 4.44. The molecular formula is C14H20O3. The third-order valence-corrected chi connectivity index (χ3v) is 3.11. The van der Waals surface area contributed by atoms with Crippen molar-refractivity contribution in [1.82, 2.24) is 0 Å². The molecular weight excluding hydrogens is 216 g/mol. The van der Waals surface area contributed by atoms with Gasteiger partial charge in [0.15, 0.2) is 0 Å². The summed E-state index contributed by atoms with van der Waals surface area (Å²) in [5.74, 6) is 0.840. The Morgan fingerprint density at radius 3 is 2.76 bits per heavy atom. The van der Waals surface area contributed by atoms with Crippen molar-refractivity contribution in [3.05, 3.63) is 29.8 Å². The van der Waals surface area contributed by atoms with Gasteiger partial charge in [-0.25, -0.2) is 0 Å². The summed E-state index contributed by atoms with van der Waals surface area (Å²) < 4.78 is 11.1. The van der Waals surface area contributed by atoms with E-state index in [1.807, 2.05) is 31.2 Å². The van der Waals surface area contributed by atoms with Gasteiger partial charge in [0.25, 0.3) is 0 Å². The van der Waals surface area contributed by atoms with E-state index < -0.39 is 0 Å². The zero-order valence-corrected chi connectivity index (χ0v) is 10.3. The average Bonchev–Trinajstić information content (AvgIpc) is 2.89. The topological polar surface area (TPSA) is 38.7 Å². The molecule has 0 bridgehead atoms. The van der Waals surface area contributed by atoms with Crippen molar-refractivity contribution in [2.45, 2.75) is 38.4 Å². The van der Waals surface area contributed by atoms with Gasteiger partial charge in [-0.1, -0.05) is 19.1 Å². The Labute approximate surface area is 102 Å². The normalized spacial score (nSPS) is 21.4. The summed E-state index contributed by atoms with van der Waals surface area (Å²) in [5.41, 5.74) is 0.942. The Balaban J connectivity index is 1.84. The number of hydrogen-bond acceptors (Lipinski definition) is 3. The number of ether oxygens (including phenoxy) is 2. The summed E-state index contributed by atoms with van der Waals surface area (Å²) in [7, 11) is 0. The van der Waals surface area contributed by atoms with E-state index in [9.17, 15) is 5.11 Å². The van der Waals surface area contributed by atoms with Crippen LogP contribution in [0.1, 0.15) is 37.9 Å². The SMILES string of the molecule is CC[C@H](O)c1ccc(OCC2CCCO2)cc1. The van der Waals surface area contributed by atoms with Gasteiger partial charge in [0.2, 0.25) is 0 Å². The Morgan fingerprint density at radius 2 is 2.18 bits per heavy atom. The lowest BCUT2D eigenvalue weighted by atomic mass is 10.1. The Bertz CT molecular complexity index is 328. The number of aliphatic hydroxyl groups excluding tert-OH is 1. The lowest BCUT2D eigenvalue weighted by molar-refractivity contribution is 0.0679. The van der Waals surface area contributed by atoms with E-state index in [2.05, 4.69) is 0 Å². The van der Waals surface area contributed by atoms with Crippen molar-refractivity contribution in [3.63, 3.8) is 0 Å². The number of hydrogen-bond donors (Lipinski definition) is 1. The van der Waals surface area contributed by atoms with Gasteiger partial charge in [-0.2, -0.15) is 0 Å². The van der Waals surface area contributed by atoms with E-state index in [1.54, 1.807) is 0 Å². The smallest absolute Gasteiger partial charge is 0.119 e. The third-order valence-electron chi connectivity index (χ3n) is 3.11. The molecule has 1 N–H and O–H groups in total. The standard InChI is InChI=1S/C14H20O3/c1-2-14(15)11-5-7-12(8-6-11)17-10-13-4-3-9-16-13/h5-8,13-15H,2-4,9-10H2,1H3/t13?,14-/m0/s1. The van der Waals surface area contributed by atoms with Crippen LogP contribution in [0.2, 0.25) is 0 Å². The predicted molar refractivity (Wildman–Crippen MR) is 66.2 cm³/mol. The highest BCUT2D eigenvalue weighted by molar-refractivity contribution is 5.28. The van der Waals surface area contributed by atoms with Crippen molar-refractivity contribution in [1.29, 1.82) is 0 Å². The van der Waals surface area contributed by atoms with Gasteiger partial charge in [0, 0.05) is 6.61 Å². The molecule has 1 heterocycles. The van der Waals surface area contributed by atoms with Gasteiger partial charge in [-0.05, 0) is 37.0 Å². The van der Waals surface area contributed by atoms with Crippen LogP contribution < -0.4 is 4.74 Å². The van der Waals surface area contributed by atoms with Crippen LogP contribution in [0.25, 0.3) is 0 Å². The molecule has 94 valence electrons. The molecule has 3 nitrogen and oxygen atoms in total. The highest BCUT2D eigenvalue weighted by Gasteiger charge is 2.15. The van der Waals surface area contributed by atoms with Gasteiger partial charge < -0.3 is 14.6 Å². The summed E-state index contributed by atoms with van der Waals surface area (Å²) in [4.78, 5) is 0. The fourth-order valence-electron chi connectivity index (χ4n) is 1.99. The minimum atomic E-state index is -0.373. The van der Waals surface area contributed by atoms with E-state index in [0.717, 1.165) is 37.2 Å². The Kier molecular flexibility index (Phi) is 4.40. The first-order valence-corrected chi connectivity index (χ1v) is 6.32. The summed E-state index contributed by atoms with van der Waals surface area (Å²) in [5, 5.41) is 9.66. The summed E-state index contributed by atoms with van der Waals surface area (Å²) in [6.07, 6.45) is 2.83. The second kappa shape index (κ2) is 6.03. The van der Waals surface area contributed by atoms with Crippen LogP contribution in [0.4, 0.5) is 0 Å². The second-order valence-corrected chi connectivity index (χ2v) is 4.44. The maximum atomic E-state index is 9.66. The molecule has 0 radical (unpaired) electrons. The molecule has 2 atom stereocenters. The maximum absolute atomic E-state index is 9.66. The number of benzene rings is 1. The van der Waals surface area contributed by atoms with Crippen LogP contribution in [0.5, 0.6) is 5.75 Å². The minimum absolute atomic E-state index is 0.246. The molecule has 1 unspecified atom stereocenters. The van der Waals surface area contributed by atoms with E-state index in [0.29, 0.717) is 6.61 Å². The van der Waals surface area contributed by atoms with Crippen molar-refractivity contribution in [2.24, 2.45) is 0 Å². The van der Waals surface area contributed by atoms with Gasteiger partial charge in [0.1, 0.15) is 12.4 Å². The van der Waals surface area contributed by atoms with E-state index in [4.69, 9.17) is 9.47 Å². The molecule has 17 heavy (non-hydrogen) atoms. The predicted octanol–water partition coefficient (Wildman–Crippen LogP) is 2.69. The van der Waals surface area contributed by atoms with Crippen LogP contribution in [-0.4, -0.2) is 24.4 Å². The van der Waals surface area contributed by atoms with E-state index in [1.165, 1.54) is 0 Å². The summed E-state index contributed by atoms with van der Waals surface area (Å²) in [6, 6.07) is 7.64. The van der Waals surface area contributed by atoms with Crippen LogP contribution in [-0.2, 0) is 4.74 Å². The largest absolute Gasteiger partial charge is 0.491 e. The zero-order chi connectivity index (χ0) is 12.1. The number of rotatable bonds is 5. The van der Waals surface area contributed by atoms with Gasteiger partial charge in [-0.3, -0.25) is 0 Å². The first kappa shape index (κ1) is 12.4. The first-order valence-electron chi connectivity index (χ1n) is 6.32. The lowest BCUT2D eigenvalue weighted by Gasteiger charge is -2.12. The van der Waals surface area contributed by atoms with Crippen LogP contribution in [0, 0.1) is 0 Å². The zero-order valence-electron chi connectivity index (χ0n) is 10.3. The maximum Gasteiger partial charge on any atom is 0.119 e. The Morgan fingerprint density at radius 1 is 1.41 bits per heavy atom. The molecule has 2 rings (SSSR count). The number of aliphatic hydroxyl groups is 1. The van der Waals surface area contributed by atoms with Crippen molar-refractivity contribution < 1.29 is 14.6 Å². The minimum Gasteiger partial charge on any atom is -0.491 e. The quantitative estimate of drug-likeness (QED) is 0.854. The van der Waals surface area contributed by atoms with Crippen LogP contribution in [0.15, 0.2) is 24.3 Å². The summed E-state index contributed by atoms with van der Waals surface area (Å²) in [6.45, 7) is 3.44. The molecule has 0 amide bonds. The molecule has 3 heteroatoms. The molecule has 0 saturated carbocycles. The first-order chi connectivity index (χ1) is 8.29.